The molecule has 0 aliphatic carbocycles. The molecule has 1 aromatic carbocycles. The zero-order valence-corrected chi connectivity index (χ0v) is 11.8. The number of likely N-dealkylation sites (tertiary alicyclic amines) is 1. The Hall–Kier alpha value is -2.11. The van der Waals surface area contributed by atoms with Gasteiger partial charge in [0, 0.05) is 13.1 Å². The van der Waals surface area contributed by atoms with Gasteiger partial charge in [0.15, 0.2) is 17.7 Å². The van der Waals surface area contributed by atoms with E-state index in [1.54, 1.807) is 13.0 Å². The van der Waals surface area contributed by atoms with Crippen LogP contribution in [0.15, 0.2) is 24.3 Å². The van der Waals surface area contributed by atoms with Gasteiger partial charge in [-0.05, 0) is 31.9 Å². The molecule has 1 aliphatic rings. The van der Waals surface area contributed by atoms with Crippen molar-refractivity contribution in [2.45, 2.75) is 25.9 Å². The van der Waals surface area contributed by atoms with Gasteiger partial charge in [0.1, 0.15) is 0 Å². The number of halogens is 1. The molecule has 6 heteroatoms. The van der Waals surface area contributed by atoms with E-state index in [4.69, 9.17) is 9.84 Å². The predicted molar refractivity (Wildman–Crippen MR) is 73.4 cm³/mol. The number of piperidine rings is 1. The zero-order valence-electron chi connectivity index (χ0n) is 11.8. The monoisotopic (exact) mass is 295 g/mol. The van der Waals surface area contributed by atoms with Crippen LogP contribution in [0.4, 0.5) is 4.39 Å². The fourth-order valence-electron chi connectivity index (χ4n) is 2.42. The van der Waals surface area contributed by atoms with Gasteiger partial charge in [-0.3, -0.25) is 9.59 Å². The number of aliphatic carboxylic acids is 1. The van der Waals surface area contributed by atoms with Crippen LogP contribution in [0.2, 0.25) is 0 Å². The third-order valence-corrected chi connectivity index (χ3v) is 3.57. The van der Waals surface area contributed by atoms with Gasteiger partial charge in [-0.15, -0.1) is 0 Å². The van der Waals surface area contributed by atoms with Gasteiger partial charge in [0.25, 0.3) is 5.91 Å². The summed E-state index contributed by atoms with van der Waals surface area (Å²) in [7, 11) is 0. The average molecular weight is 295 g/mol. The van der Waals surface area contributed by atoms with Crippen molar-refractivity contribution >= 4 is 11.9 Å². The molecule has 0 radical (unpaired) electrons. The molecule has 0 aromatic heterocycles. The molecule has 1 saturated heterocycles. The number of carbonyl (C=O) groups excluding carboxylic acids is 1. The van der Waals surface area contributed by atoms with Gasteiger partial charge < -0.3 is 14.7 Å². The summed E-state index contributed by atoms with van der Waals surface area (Å²) in [5.41, 5.74) is 0. The number of nitrogens with zero attached hydrogens (tertiary/aromatic N) is 1. The molecule has 0 bridgehead atoms. The summed E-state index contributed by atoms with van der Waals surface area (Å²) < 4.78 is 18.8. The highest BCUT2D eigenvalue weighted by atomic mass is 19.1. The van der Waals surface area contributed by atoms with Gasteiger partial charge in [-0.25, -0.2) is 4.39 Å². The van der Waals surface area contributed by atoms with E-state index >= 15 is 0 Å². The smallest absolute Gasteiger partial charge is 0.308 e. The largest absolute Gasteiger partial charge is 0.481 e. The fourth-order valence-corrected chi connectivity index (χ4v) is 2.42. The summed E-state index contributed by atoms with van der Waals surface area (Å²) in [5, 5.41) is 9.03. The minimum absolute atomic E-state index is 0.0187. The van der Waals surface area contributed by atoms with E-state index in [2.05, 4.69) is 0 Å². The Balaban J connectivity index is 1.99. The van der Waals surface area contributed by atoms with E-state index in [1.807, 2.05) is 0 Å². The number of hydrogen-bond acceptors (Lipinski definition) is 3. The molecule has 21 heavy (non-hydrogen) atoms. The van der Waals surface area contributed by atoms with Crippen molar-refractivity contribution in [2.75, 3.05) is 13.1 Å². The molecule has 5 nitrogen and oxygen atoms in total. The second-order valence-electron chi connectivity index (χ2n) is 5.15. The van der Waals surface area contributed by atoms with Crippen molar-refractivity contribution < 1.29 is 23.8 Å². The molecule has 1 amide bonds. The lowest BCUT2D eigenvalue weighted by molar-refractivity contribution is -0.147. The quantitative estimate of drug-likeness (QED) is 0.921. The number of hydrogen-bond donors (Lipinski definition) is 1. The van der Waals surface area contributed by atoms with E-state index in [0.29, 0.717) is 19.4 Å². The number of rotatable bonds is 4. The lowest BCUT2D eigenvalue weighted by Crippen LogP contribution is -2.47. The summed E-state index contributed by atoms with van der Waals surface area (Å²) in [4.78, 5) is 24.8. The van der Waals surface area contributed by atoms with Crippen molar-refractivity contribution in [2.24, 2.45) is 5.92 Å². The van der Waals surface area contributed by atoms with Crippen molar-refractivity contribution in [3.63, 3.8) is 0 Å². The van der Waals surface area contributed by atoms with Crippen LogP contribution < -0.4 is 4.74 Å². The molecule has 1 aromatic rings. The van der Waals surface area contributed by atoms with Crippen LogP contribution in [-0.4, -0.2) is 41.1 Å². The first-order valence-electron chi connectivity index (χ1n) is 6.92. The standard InChI is InChI=1S/C15H18FNO4/c1-10(21-13-7-3-2-6-12(13)16)14(18)17-8-4-5-11(9-17)15(19)20/h2-3,6-7,10-11H,4-5,8-9H2,1H3,(H,19,20). The molecule has 1 aliphatic heterocycles. The second kappa shape index (κ2) is 6.56. The lowest BCUT2D eigenvalue weighted by Gasteiger charge is -2.32. The van der Waals surface area contributed by atoms with Crippen LogP contribution in [0.3, 0.4) is 0 Å². The van der Waals surface area contributed by atoms with Crippen LogP contribution >= 0.6 is 0 Å². The molecule has 2 unspecified atom stereocenters. The number of benzene rings is 1. The summed E-state index contributed by atoms with van der Waals surface area (Å²) in [6.45, 7) is 2.23. The Kier molecular flexibility index (Phi) is 4.77. The van der Waals surface area contributed by atoms with Crippen LogP contribution in [0.5, 0.6) is 5.75 Å². The number of carboxylic acid groups (broad SMARTS) is 1. The Morgan fingerprint density at radius 1 is 1.43 bits per heavy atom. The molecule has 114 valence electrons. The second-order valence-corrected chi connectivity index (χ2v) is 5.15. The molecule has 0 saturated carbocycles. The topological polar surface area (TPSA) is 66.8 Å². The van der Waals surface area contributed by atoms with Crippen LogP contribution in [-0.2, 0) is 9.59 Å². The molecule has 2 atom stereocenters. The Bertz CT molecular complexity index is 534. The minimum atomic E-state index is -0.893. The SMILES string of the molecule is CC(Oc1ccccc1F)C(=O)N1CCCC(C(=O)O)C1. The van der Waals surface area contributed by atoms with Crippen molar-refractivity contribution in [1.29, 1.82) is 0 Å². The van der Waals surface area contributed by atoms with Crippen LogP contribution in [0.1, 0.15) is 19.8 Å². The number of carbonyl (C=O) groups is 2. The first-order valence-corrected chi connectivity index (χ1v) is 6.92. The van der Waals surface area contributed by atoms with E-state index in [-0.39, 0.29) is 18.2 Å². The van der Waals surface area contributed by atoms with Gasteiger partial charge in [-0.2, -0.15) is 0 Å². The van der Waals surface area contributed by atoms with E-state index in [9.17, 15) is 14.0 Å². The van der Waals surface area contributed by atoms with Gasteiger partial charge in [0.05, 0.1) is 5.92 Å². The highest BCUT2D eigenvalue weighted by Gasteiger charge is 2.31. The highest BCUT2D eigenvalue weighted by Crippen LogP contribution is 2.20. The highest BCUT2D eigenvalue weighted by molar-refractivity contribution is 5.82. The Labute approximate surface area is 122 Å². The van der Waals surface area contributed by atoms with E-state index in [1.165, 1.54) is 23.1 Å². The average Bonchev–Trinajstić information content (AvgIpc) is 2.49. The first kappa shape index (κ1) is 15.3. The van der Waals surface area contributed by atoms with Crippen LogP contribution in [0, 0.1) is 11.7 Å². The van der Waals surface area contributed by atoms with Gasteiger partial charge in [0.2, 0.25) is 0 Å². The van der Waals surface area contributed by atoms with E-state index < -0.39 is 23.8 Å². The maximum atomic E-state index is 13.5. The van der Waals surface area contributed by atoms with Gasteiger partial charge in [-0.1, -0.05) is 12.1 Å². The van der Waals surface area contributed by atoms with Crippen LogP contribution in [0.25, 0.3) is 0 Å². The number of amides is 1. The van der Waals surface area contributed by atoms with Gasteiger partial charge >= 0.3 is 5.97 Å². The fraction of sp³-hybridized carbons (Fsp3) is 0.467. The summed E-state index contributed by atoms with van der Waals surface area (Å²) in [5.74, 6) is -2.26. The Morgan fingerprint density at radius 3 is 2.81 bits per heavy atom. The minimum Gasteiger partial charge on any atom is -0.481 e. The Morgan fingerprint density at radius 2 is 2.14 bits per heavy atom. The third kappa shape index (κ3) is 3.71. The molecular weight excluding hydrogens is 277 g/mol. The maximum Gasteiger partial charge on any atom is 0.308 e. The summed E-state index contributed by atoms with van der Waals surface area (Å²) in [6, 6.07) is 5.87. The molecule has 2 rings (SSSR count). The number of carboxylic acids is 1. The van der Waals surface area contributed by atoms with E-state index in [0.717, 1.165) is 0 Å². The molecule has 0 spiro atoms. The third-order valence-electron chi connectivity index (χ3n) is 3.57. The lowest BCUT2D eigenvalue weighted by atomic mass is 9.98. The normalized spacial score (nSPS) is 19.9. The predicted octanol–water partition coefficient (Wildman–Crippen LogP) is 1.92. The first-order chi connectivity index (χ1) is 9.99. The molecule has 1 heterocycles. The molecular formula is C15H18FNO4. The van der Waals surface area contributed by atoms with Crippen molar-refractivity contribution in [1.82, 2.24) is 4.90 Å². The maximum absolute atomic E-state index is 13.5. The molecule has 1 N–H and O–H groups in total. The summed E-state index contributed by atoms with van der Waals surface area (Å²) >= 11 is 0. The summed E-state index contributed by atoms with van der Waals surface area (Å²) in [6.07, 6.45) is 0.367. The van der Waals surface area contributed by atoms with Crippen molar-refractivity contribution in [3.05, 3.63) is 30.1 Å². The zero-order chi connectivity index (χ0) is 15.4. The number of para-hydroxylation sites is 1. The number of ether oxygens (including phenoxy) is 1. The van der Waals surface area contributed by atoms with Crippen molar-refractivity contribution in [3.8, 4) is 5.75 Å². The molecule has 1 fully saturated rings.